The fourth-order valence-electron chi connectivity index (χ4n) is 11.5. The first-order chi connectivity index (χ1) is 28.0. The SMILES string of the molecule is CC(C)CCC[C@@H](C)[C@H]1CC[C@H]2[C@@H]3CC=C4C[C@@H](OC(=O)N(CCCCNCC(O)CNC(=O)OC(C)(C)C)CC(O)CNC(=O)OC(C)(C)C)CC[C@]4(C)[C@H]3CC[C@]12C. The van der Waals surface area contributed by atoms with Crippen LogP contribution in [0.2, 0.25) is 0 Å². The van der Waals surface area contributed by atoms with Crippen molar-refractivity contribution < 1.29 is 38.8 Å². The molecule has 0 bridgehead atoms. The van der Waals surface area contributed by atoms with Gasteiger partial charge in [0.2, 0.25) is 0 Å². The Bertz CT molecular complexity index is 1430. The molecule has 0 aromatic rings. The van der Waals surface area contributed by atoms with Gasteiger partial charge in [0.1, 0.15) is 17.3 Å². The number of rotatable bonds is 19. The van der Waals surface area contributed by atoms with Crippen LogP contribution in [0.5, 0.6) is 0 Å². The number of allylic oxidation sites excluding steroid dienone is 1. The van der Waals surface area contributed by atoms with Gasteiger partial charge in [-0.3, -0.25) is 0 Å². The van der Waals surface area contributed by atoms with Gasteiger partial charge in [0, 0.05) is 32.6 Å². The van der Waals surface area contributed by atoms with Gasteiger partial charge >= 0.3 is 18.3 Å². The minimum absolute atomic E-state index is 0.00544. The van der Waals surface area contributed by atoms with Crippen LogP contribution in [0.3, 0.4) is 0 Å². The molecule has 0 aliphatic heterocycles. The number of nitrogens with one attached hydrogen (secondary N) is 3. The van der Waals surface area contributed by atoms with E-state index in [9.17, 15) is 24.6 Å². The topological polar surface area (TPSA) is 159 Å². The summed E-state index contributed by atoms with van der Waals surface area (Å²) in [5.41, 5.74) is 0.772. The Morgan fingerprint density at radius 2 is 1.47 bits per heavy atom. The second kappa shape index (κ2) is 21.7. The van der Waals surface area contributed by atoms with E-state index in [4.69, 9.17) is 14.2 Å². The van der Waals surface area contributed by atoms with Gasteiger partial charge < -0.3 is 45.3 Å². The normalized spacial score (nSPS) is 29.2. The van der Waals surface area contributed by atoms with Crippen molar-refractivity contribution in [1.82, 2.24) is 20.9 Å². The number of aliphatic hydroxyl groups excluding tert-OH is 2. The summed E-state index contributed by atoms with van der Waals surface area (Å²) < 4.78 is 16.8. The number of carbonyl (C=O) groups excluding carboxylic acids is 3. The second-order valence-corrected chi connectivity index (χ2v) is 22.0. The molecule has 60 heavy (non-hydrogen) atoms. The average molecular weight is 847 g/mol. The number of hydrogen-bond donors (Lipinski definition) is 5. The lowest BCUT2D eigenvalue weighted by atomic mass is 9.47. The first kappa shape index (κ1) is 50.1. The third-order valence-electron chi connectivity index (χ3n) is 14.4. The highest BCUT2D eigenvalue weighted by molar-refractivity contribution is 5.69. The van der Waals surface area contributed by atoms with Crippen molar-refractivity contribution in [2.45, 2.75) is 189 Å². The van der Waals surface area contributed by atoms with E-state index >= 15 is 0 Å². The summed E-state index contributed by atoms with van der Waals surface area (Å²) in [6.07, 6.45) is 13.4. The molecule has 0 spiro atoms. The molecule has 4 aliphatic rings. The summed E-state index contributed by atoms with van der Waals surface area (Å²) in [5, 5.41) is 29.7. The monoisotopic (exact) mass is 847 g/mol. The van der Waals surface area contributed by atoms with Crippen molar-refractivity contribution in [3.8, 4) is 0 Å². The number of amides is 3. The summed E-state index contributed by atoms with van der Waals surface area (Å²) in [7, 11) is 0. The number of aliphatic hydroxyl groups is 2. The molecule has 5 N–H and O–H groups in total. The zero-order valence-corrected chi connectivity index (χ0v) is 39.5. The molecule has 4 rings (SSSR count). The minimum Gasteiger partial charge on any atom is -0.446 e. The Hall–Kier alpha value is -2.57. The van der Waals surface area contributed by atoms with Gasteiger partial charge in [-0.05, 0) is 152 Å². The number of unbranched alkanes of at least 4 members (excludes halogenated alkanes) is 1. The molecule has 4 aliphatic carbocycles. The standard InChI is InChI=1S/C48H86N4O8/c1-32(2)15-14-16-33(3)39-19-20-40-38-18-17-34-27-37(21-23-47(34,10)41(38)22-24-48(39,40)11)58-44(57)52(31-36(54)30-51-43(56)60-46(7,8)9)26-13-12-25-49-28-35(53)29-50-42(55)59-45(4,5)6/h17,32-33,35-41,49,53-54H,12-16,18-31H2,1-11H3,(H,50,55)(H,51,56)/t33-,35?,36?,37+,38+,39-,40+,41+,47+,48-/m1/s1. The summed E-state index contributed by atoms with van der Waals surface area (Å²) >= 11 is 0. The maximum Gasteiger partial charge on any atom is 0.410 e. The van der Waals surface area contributed by atoms with Crippen molar-refractivity contribution in [2.75, 3.05) is 39.3 Å². The van der Waals surface area contributed by atoms with Crippen molar-refractivity contribution in [3.05, 3.63) is 11.6 Å². The molecule has 12 heteroatoms. The smallest absolute Gasteiger partial charge is 0.410 e. The van der Waals surface area contributed by atoms with Crippen LogP contribution in [-0.2, 0) is 14.2 Å². The first-order valence-corrected chi connectivity index (χ1v) is 23.7. The fourth-order valence-corrected chi connectivity index (χ4v) is 11.5. The Labute approximate surface area is 363 Å². The molecule has 3 fully saturated rings. The van der Waals surface area contributed by atoms with Crippen LogP contribution in [0.4, 0.5) is 14.4 Å². The maximum absolute atomic E-state index is 13.9. The molecular formula is C48H86N4O8. The van der Waals surface area contributed by atoms with Gasteiger partial charge in [-0.1, -0.05) is 65.5 Å². The third kappa shape index (κ3) is 14.5. The van der Waals surface area contributed by atoms with Crippen LogP contribution >= 0.6 is 0 Å². The highest BCUT2D eigenvalue weighted by Gasteiger charge is 2.59. The van der Waals surface area contributed by atoms with Crippen molar-refractivity contribution >= 4 is 18.3 Å². The predicted octanol–water partition coefficient (Wildman–Crippen LogP) is 8.98. The van der Waals surface area contributed by atoms with Crippen LogP contribution in [0.1, 0.15) is 160 Å². The van der Waals surface area contributed by atoms with Crippen LogP contribution in [0.25, 0.3) is 0 Å². The third-order valence-corrected chi connectivity index (χ3v) is 14.4. The molecule has 0 saturated heterocycles. The van der Waals surface area contributed by atoms with Gasteiger partial charge in [-0.25, -0.2) is 14.4 Å². The molecule has 346 valence electrons. The average Bonchev–Trinajstić information content (AvgIpc) is 3.50. The van der Waals surface area contributed by atoms with Crippen LogP contribution in [0.15, 0.2) is 11.6 Å². The minimum atomic E-state index is -1.02. The summed E-state index contributed by atoms with van der Waals surface area (Å²) in [4.78, 5) is 39.6. The molecule has 12 nitrogen and oxygen atoms in total. The maximum atomic E-state index is 13.9. The Morgan fingerprint density at radius 1 is 0.817 bits per heavy atom. The predicted molar refractivity (Wildman–Crippen MR) is 237 cm³/mol. The lowest BCUT2D eigenvalue weighted by Gasteiger charge is -2.58. The number of alkyl carbamates (subject to hydrolysis) is 2. The molecule has 10 atom stereocenters. The van der Waals surface area contributed by atoms with Crippen LogP contribution in [-0.4, -0.2) is 102 Å². The van der Waals surface area contributed by atoms with Gasteiger partial charge in [0.25, 0.3) is 0 Å². The number of nitrogens with zero attached hydrogens (tertiary/aromatic N) is 1. The quantitative estimate of drug-likeness (QED) is 0.0486. The number of ether oxygens (including phenoxy) is 3. The van der Waals surface area contributed by atoms with Crippen molar-refractivity contribution in [2.24, 2.45) is 46.3 Å². The summed E-state index contributed by atoms with van der Waals surface area (Å²) in [6, 6.07) is 0. The van der Waals surface area contributed by atoms with Crippen molar-refractivity contribution in [3.63, 3.8) is 0 Å². The Kier molecular flexibility index (Phi) is 18.1. The molecular weight excluding hydrogens is 761 g/mol. The molecule has 0 heterocycles. The van der Waals surface area contributed by atoms with E-state index in [0.29, 0.717) is 37.3 Å². The van der Waals surface area contributed by atoms with E-state index in [0.717, 1.165) is 55.3 Å². The number of fused-ring (bicyclic) bond motifs is 5. The van der Waals surface area contributed by atoms with Gasteiger partial charge in [0.05, 0.1) is 18.8 Å². The molecule has 0 radical (unpaired) electrons. The molecule has 3 saturated carbocycles. The van der Waals surface area contributed by atoms with E-state index in [-0.39, 0.29) is 37.7 Å². The largest absolute Gasteiger partial charge is 0.446 e. The number of hydrogen-bond acceptors (Lipinski definition) is 9. The van der Waals surface area contributed by atoms with E-state index < -0.39 is 41.7 Å². The van der Waals surface area contributed by atoms with Gasteiger partial charge in [0.15, 0.2) is 0 Å². The highest BCUT2D eigenvalue weighted by atomic mass is 16.6. The lowest BCUT2D eigenvalue weighted by molar-refractivity contribution is -0.0596. The molecule has 0 aromatic heterocycles. The molecule has 2 unspecified atom stereocenters. The summed E-state index contributed by atoms with van der Waals surface area (Å²) in [5.74, 6) is 4.63. The van der Waals surface area contributed by atoms with E-state index in [1.165, 1.54) is 50.5 Å². The Balaban J connectivity index is 1.31. The van der Waals surface area contributed by atoms with E-state index in [1.807, 2.05) is 0 Å². The second-order valence-electron chi connectivity index (χ2n) is 22.0. The van der Waals surface area contributed by atoms with Crippen molar-refractivity contribution in [1.29, 1.82) is 0 Å². The van der Waals surface area contributed by atoms with E-state index in [1.54, 1.807) is 46.4 Å². The zero-order valence-electron chi connectivity index (χ0n) is 39.5. The lowest BCUT2D eigenvalue weighted by Crippen LogP contribution is -2.51. The van der Waals surface area contributed by atoms with Crippen LogP contribution in [0, 0.1) is 46.3 Å². The van der Waals surface area contributed by atoms with Crippen LogP contribution < -0.4 is 16.0 Å². The first-order valence-electron chi connectivity index (χ1n) is 23.7. The summed E-state index contributed by atoms with van der Waals surface area (Å²) in [6.45, 7) is 24.3. The fraction of sp³-hybridized carbons (Fsp3) is 0.896. The number of carbonyl (C=O) groups is 3. The molecule has 0 aromatic carbocycles. The van der Waals surface area contributed by atoms with Gasteiger partial charge in [-0.2, -0.15) is 0 Å². The van der Waals surface area contributed by atoms with Gasteiger partial charge in [-0.15, -0.1) is 0 Å². The Morgan fingerprint density at radius 3 is 2.10 bits per heavy atom. The van der Waals surface area contributed by atoms with E-state index in [2.05, 4.69) is 56.6 Å². The molecule has 3 amide bonds. The highest BCUT2D eigenvalue weighted by Crippen LogP contribution is 2.67. The zero-order chi connectivity index (χ0) is 44.5.